The minimum Gasteiger partial charge on any atom is -0.381 e. The molecular weight excluding hydrogens is 300 g/mol. The molecule has 24 heavy (non-hydrogen) atoms. The maximum atomic E-state index is 11.4. The molecule has 0 bridgehead atoms. The van der Waals surface area contributed by atoms with E-state index in [4.69, 9.17) is 5.21 Å². The van der Waals surface area contributed by atoms with E-state index in [-0.39, 0.29) is 0 Å². The van der Waals surface area contributed by atoms with Gasteiger partial charge in [0.05, 0.1) is 0 Å². The van der Waals surface area contributed by atoms with Crippen molar-refractivity contribution in [2.75, 3.05) is 5.32 Å². The van der Waals surface area contributed by atoms with Crippen LogP contribution < -0.4 is 10.8 Å². The van der Waals surface area contributed by atoms with Gasteiger partial charge in [0.2, 0.25) is 0 Å². The summed E-state index contributed by atoms with van der Waals surface area (Å²) in [6, 6.07) is 25.4. The molecule has 0 spiro atoms. The summed E-state index contributed by atoms with van der Waals surface area (Å²) in [6.45, 7) is 0.739. The summed E-state index contributed by atoms with van der Waals surface area (Å²) in [4.78, 5) is 11.4. The number of carbonyl (C=O) groups excluding carboxylic acids is 1. The summed E-state index contributed by atoms with van der Waals surface area (Å²) in [7, 11) is 0. The molecule has 0 aromatic heterocycles. The summed E-state index contributed by atoms with van der Waals surface area (Å²) in [5.74, 6) is -0.512. The minimum absolute atomic E-state index is 0.420. The Morgan fingerprint density at radius 1 is 0.833 bits per heavy atom. The zero-order valence-electron chi connectivity index (χ0n) is 13.1. The van der Waals surface area contributed by atoms with Crippen molar-refractivity contribution in [1.29, 1.82) is 0 Å². The Labute approximate surface area is 140 Å². The fourth-order valence-electron chi connectivity index (χ4n) is 2.50. The first kappa shape index (κ1) is 15.8. The summed E-state index contributed by atoms with van der Waals surface area (Å²) in [6.07, 6.45) is 0. The molecule has 0 atom stereocenters. The standard InChI is InChI=1S/C20H18N2O2/c23-20(22-24)17-11-9-16(10-12-17)18-6-4-5-15(13-18)14-21-19-7-2-1-3-8-19/h1-13,21,24H,14H2,(H,22,23). The number of anilines is 1. The van der Waals surface area contributed by atoms with Crippen molar-refractivity contribution in [2.45, 2.75) is 6.54 Å². The highest BCUT2D eigenvalue weighted by Gasteiger charge is 2.05. The topological polar surface area (TPSA) is 61.4 Å². The van der Waals surface area contributed by atoms with E-state index >= 15 is 0 Å². The van der Waals surface area contributed by atoms with Gasteiger partial charge in [-0.05, 0) is 47.0 Å². The van der Waals surface area contributed by atoms with E-state index < -0.39 is 5.91 Å². The van der Waals surface area contributed by atoms with Crippen LogP contribution in [0.4, 0.5) is 5.69 Å². The van der Waals surface area contributed by atoms with Crippen LogP contribution in [0.2, 0.25) is 0 Å². The lowest BCUT2D eigenvalue weighted by Gasteiger charge is -2.09. The zero-order valence-corrected chi connectivity index (χ0v) is 13.1. The number of amides is 1. The Bertz CT molecular complexity index is 815. The van der Waals surface area contributed by atoms with E-state index in [1.54, 1.807) is 17.6 Å². The van der Waals surface area contributed by atoms with Gasteiger partial charge in [0.25, 0.3) is 5.91 Å². The minimum atomic E-state index is -0.512. The number of benzene rings is 3. The number of hydrogen-bond donors (Lipinski definition) is 3. The van der Waals surface area contributed by atoms with E-state index in [2.05, 4.69) is 17.4 Å². The SMILES string of the molecule is O=C(NO)c1ccc(-c2cccc(CNc3ccccc3)c2)cc1. The number of nitrogens with one attached hydrogen (secondary N) is 2. The fourth-order valence-corrected chi connectivity index (χ4v) is 2.50. The number of hydroxylamine groups is 1. The van der Waals surface area contributed by atoms with Gasteiger partial charge in [0.15, 0.2) is 0 Å². The van der Waals surface area contributed by atoms with Crippen molar-refractivity contribution in [3.05, 3.63) is 90.0 Å². The summed E-state index contributed by atoms with van der Waals surface area (Å²) >= 11 is 0. The van der Waals surface area contributed by atoms with Crippen molar-refractivity contribution in [1.82, 2.24) is 5.48 Å². The molecule has 0 aliphatic carbocycles. The van der Waals surface area contributed by atoms with Gasteiger partial charge < -0.3 is 5.32 Å². The Kier molecular flexibility index (Phi) is 4.89. The number of rotatable bonds is 5. The Morgan fingerprint density at radius 3 is 2.29 bits per heavy atom. The molecule has 3 aromatic carbocycles. The molecule has 3 aromatic rings. The third kappa shape index (κ3) is 3.80. The highest BCUT2D eigenvalue weighted by atomic mass is 16.5. The average Bonchev–Trinajstić information content (AvgIpc) is 2.67. The molecule has 0 unspecified atom stereocenters. The average molecular weight is 318 g/mol. The second-order valence-corrected chi connectivity index (χ2v) is 5.44. The molecule has 1 amide bonds. The Hall–Kier alpha value is -3.11. The molecule has 4 nitrogen and oxygen atoms in total. The Balaban J connectivity index is 1.74. The molecule has 0 saturated heterocycles. The molecular formula is C20H18N2O2. The molecule has 3 N–H and O–H groups in total. The van der Waals surface area contributed by atoms with Gasteiger partial charge in [-0.25, -0.2) is 5.48 Å². The number of carbonyl (C=O) groups is 1. The van der Waals surface area contributed by atoms with Crippen molar-refractivity contribution in [3.63, 3.8) is 0 Å². The molecule has 0 saturated carbocycles. The van der Waals surface area contributed by atoms with Crippen molar-refractivity contribution >= 4 is 11.6 Å². The monoisotopic (exact) mass is 318 g/mol. The van der Waals surface area contributed by atoms with Crippen LogP contribution >= 0.6 is 0 Å². The van der Waals surface area contributed by atoms with Crippen LogP contribution in [0.5, 0.6) is 0 Å². The number of hydrogen-bond acceptors (Lipinski definition) is 3. The van der Waals surface area contributed by atoms with Gasteiger partial charge in [-0.1, -0.05) is 48.5 Å². The molecule has 4 heteroatoms. The molecule has 120 valence electrons. The van der Waals surface area contributed by atoms with Crippen LogP contribution in [0.3, 0.4) is 0 Å². The predicted molar refractivity (Wildman–Crippen MR) is 94.9 cm³/mol. The van der Waals surface area contributed by atoms with E-state index in [1.165, 1.54) is 5.56 Å². The van der Waals surface area contributed by atoms with Crippen LogP contribution in [-0.4, -0.2) is 11.1 Å². The predicted octanol–water partition coefficient (Wildman–Crippen LogP) is 4.08. The Morgan fingerprint density at radius 2 is 1.58 bits per heavy atom. The van der Waals surface area contributed by atoms with Crippen LogP contribution in [0.25, 0.3) is 11.1 Å². The highest BCUT2D eigenvalue weighted by molar-refractivity contribution is 5.93. The smallest absolute Gasteiger partial charge is 0.274 e. The third-order valence-electron chi connectivity index (χ3n) is 3.78. The van der Waals surface area contributed by atoms with Crippen molar-refractivity contribution < 1.29 is 10.0 Å². The lowest BCUT2D eigenvalue weighted by molar-refractivity contribution is 0.0706. The van der Waals surface area contributed by atoms with Crippen LogP contribution in [0.15, 0.2) is 78.9 Å². The maximum absolute atomic E-state index is 11.4. The first-order chi connectivity index (χ1) is 11.8. The largest absolute Gasteiger partial charge is 0.381 e. The quantitative estimate of drug-likeness (QED) is 0.490. The molecule has 3 rings (SSSR count). The summed E-state index contributed by atoms with van der Waals surface area (Å²) in [5, 5.41) is 12.0. The number of para-hydroxylation sites is 1. The molecule has 0 radical (unpaired) electrons. The van der Waals surface area contributed by atoms with E-state index in [1.807, 2.05) is 54.6 Å². The molecule has 0 fully saturated rings. The van der Waals surface area contributed by atoms with Crippen molar-refractivity contribution in [2.24, 2.45) is 0 Å². The van der Waals surface area contributed by atoms with Gasteiger partial charge in [-0.3, -0.25) is 10.0 Å². The van der Waals surface area contributed by atoms with Gasteiger partial charge in [-0.15, -0.1) is 0 Å². The second kappa shape index (κ2) is 7.44. The lowest BCUT2D eigenvalue weighted by atomic mass is 10.0. The molecule has 0 aliphatic rings. The van der Waals surface area contributed by atoms with E-state index in [0.717, 1.165) is 23.4 Å². The summed E-state index contributed by atoms with van der Waals surface area (Å²) in [5.41, 5.74) is 6.42. The van der Waals surface area contributed by atoms with Gasteiger partial charge >= 0.3 is 0 Å². The molecule has 0 aliphatic heterocycles. The first-order valence-electron chi connectivity index (χ1n) is 7.69. The van der Waals surface area contributed by atoms with E-state index in [9.17, 15) is 4.79 Å². The second-order valence-electron chi connectivity index (χ2n) is 5.44. The first-order valence-corrected chi connectivity index (χ1v) is 7.69. The van der Waals surface area contributed by atoms with Crippen molar-refractivity contribution in [3.8, 4) is 11.1 Å². The zero-order chi connectivity index (χ0) is 16.8. The molecule has 0 heterocycles. The maximum Gasteiger partial charge on any atom is 0.274 e. The van der Waals surface area contributed by atoms with Gasteiger partial charge in [-0.2, -0.15) is 0 Å². The fraction of sp³-hybridized carbons (Fsp3) is 0.0500. The van der Waals surface area contributed by atoms with Crippen LogP contribution in [-0.2, 0) is 6.54 Å². The van der Waals surface area contributed by atoms with E-state index in [0.29, 0.717) is 5.56 Å². The van der Waals surface area contributed by atoms with Gasteiger partial charge in [0, 0.05) is 17.8 Å². The highest BCUT2D eigenvalue weighted by Crippen LogP contribution is 2.21. The normalized spacial score (nSPS) is 10.2. The van der Waals surface area contributed by atoms with Crippen LogP contribution in [0.1, 0.15) is 15.9 Å². The van der Waals surface area contributed by atoms with Gasteiger partial charge in [0.1, 0.15) is 0 Å². The lowest BCUT2D eigenvalue weighted by Crippen LogP contribution is -2.18. The summed E-state index contributed by atoms with van der Waals surface area (Å²) < 4.78 is 0. The van der Waals surface area contributed by atoms with Crippen LogP contribution in [0, 0.1) is 0 Å². The third-order valence-corrected chi connectivity index (χ3v) is 3.78.